The van der Waals surface area contributed by atoms with Gasteiger partial charge in [0, 0.05) is 30.1 Å². The number of hydrogen-bond donors (Lipinski definition) is 2. The fraction of sp³-hybridized carbons (Fsp3) is 0.350. The molecule has 0 saturated carbocycles. The summed E-state index contributed by atoms with van der Waals surface area (Å²) in [6, 6.07) is 11.6. The number of hydrogen-bond acceptors (Lipinski definition) is 5. The second kappa shape index (κ2) is 10.6. The molecule has 0 aromatic heterocycles. The van der Waals surface area contributed by atoms with Gasteiger partial charge in [-0.2, -0.15) is 0 Å². The van der Waals surface area contributed by atoms with Crippen molar-refractivity contribution in [2.45, 2.75) is 26.4 Å². The Bertz CT molecular complexity index is 788. The van der Waals surface area contributed by atoms with E-state index in [1.165, 1.54) is 12.1 Å². The van der Waals surface area contributed by atoms with E-state index in [2.05, 4.69) is 0 Å². The van der Waals surface area contributed by atoms with Gasteiger partial charge in [-0.25, -0.2) is 9.18 Å². The summed E-state index contributed by atoms with van der Waals surface area (Å²) in [6.45, 7) is 3.30. The lowest BCUT2D eigenvalue weighted by Crippen LogP contribution is -2.41. The Hall–Kier alpha value is -1.93. The lowest BCUT2D eigenvalue weighted by Gasteiger charge is -2.25. The van der Waals surface area contributed by atoms with E-state index in [4.69, 9.17) is 16.3 Å². The van der Waals surface area contributed by atoms with Crippen LogP contribution < -0.4 is 0 Å². The van der Waals surface area contributed by atoms with E-state index in [-0.39, 0.29) is 25.4 Å². The van der Waals surface area contributed by atoms with Gasteiger partial charge in [-0.05, 0) is 36.2 Å². The molecule has 2 rings (SSSR count). The van der Waals surface area contributed by atoms with Crippen LogP contribution in [-0.4, -0.2) is 53.6 Å². The van der Waals surface area contributed by atoms with E-state index in [1.54, 1.807) is 36.8 Å². The van der Waals surface area contributed by atoms with Gasteiger partial charge in [0.05, 0.1) is 6.61 Å². The van der Waals surface area contributed by atoms with Crippen LogP contribution in [0.2, 0.25) is 11.8 Å². The summed E-state index contributed by atoms with van der Waals surface area (Å²) in [7, 11) is 0. The van der Waals surface area contributed by atoms with Crippen LogP contribution in [0.1, 0.15) is 12.5 Å². The molecule has 0 fully saturated rings. The highest BCUT2D eigenvalue weighted by molar-refractivity contribution is 6.48. The molecule has 0 unspecified atom stereocenters. The molecule has 1 atom stereocenters. The largest absolute Gasteiger partial charge is 0.464 e. The third-order valence-electron chi connectivity index (χ3n) is 4.11. The van der Waals surface area contributed by atoms with Crippen molar-refractivity contribution in [1.82, 2.24) is 4.90 Å². The van der Waals surface area contributed by atoms with Gasteiger partial charge in [-0.1, -0.05) is 42.7 Å². The number of aliphatic hydroxyl groups is 1. The van der Waals surface area contributed by atoms with E-state index < -0.39 is 19.0 Å². The van der Waals surface area contributed by atoms with Gasteiger partial charge in [-0.3, -0.25) is 0 Å². The molecule has 0 amide bonds. The average molecular weight is 408 g/mol. The van der Waals surface area contributed by atoms with Crippen molar-refractivity contribution in [3.05, 3.63) is 58.9 Å². The molecule has 0 radical (unpaired) electrons. The van der Waals surface area contributed by atoms with Crippen LogP contribution in [0.25, 0.3) is 11.1 Å². The third-order valence-corrected chi connectivity index (χ3v) is 4.35. The first-order valence-electron chi connectivity index (χ1n) is 9.09. The third kappa shape index (κ3) is 6.60. The predicted octanol–water partition coefficient (Wildman–Crippen LogP) is 3.02. The van der Waals surface area contributed by atoms with Gasteiger partial charge >= 0.3 is 5.97 Å². The number of carbonyl (C=O) groups excluding carboxylic acids is 1. The van der Waals surface area contributed by atoms with E-state index in [9.17, 15) is 19.3 Å². The van der Waals surface area contributed by atoms with Crippen molar-refractivity contribution < 1.29 is 24.1 Å². The monoisotopic (exact) mass is 407 g/mol. The lowest BCUT2D eigenvalue weighted by molar-refractivity contribution is -0.154. The summed E-state index contributed by atoms with van der Waals surface area (Å²) in [5, 5.41) is 20.2. The summed E-state index contributed by atoms with van der Waals surface area (Å²) in [6.07, 6.45) is -1.01. The summed E-state index contributed by atoms with van der Waals surface area (Å²) >= 11 is 5.95. The van der Waals surface area contributed by atoms with Gasteiger partial charge in [0.25, 0.3) is 6.92 Å². The Morgan fingerprint density at radius 1 is 1.29 bits per heavy atom. The van der Waals surface area contributed by atoms with Crippen molar-refractivity contribution in [1.29, 1.82) is 0 Å². The van der Waals surface area contributed by atoms with Crippen LogP contribution in [0.5, 0.6) is 0 Å². The fourth-order valence-electron chi connectivity index (χ4n) is 2.90. The minimum absolute atomic E-state index is 0.0361. The zero-order valence-electron chi connectivity index (χ0n) is 15.9. The van der Waals surface area contributed by atoms with E-state index in [0.29, 0.717) is 22.7 Å². The average Bonchev–Trinajstić information content (AvgIpc) is 2.64. The zero-order valence-corrected chi connectivity index (χ0v) is 16.7. The Morgan fingerprint density at radius 2 is 1.96 bits per heavy atom. The highest BCUT2D eigenvalue weighted by Gasteiger charge is 2.22. The van der Waals surface area contributed by atoms with E-state index in [0.717, 1.165) is 5.56 Å². The minimum atomic E-state index is -1.29. The Morgan fingerprint density at radius 3 is 2.57 bits per heavy atom. The molecular formula is C20H24BClFNO4. The Labute approximate surface area is 169 Å². The first-order chi connectivity index (χ1) is 13.3. The molecule has 2 aromatic rings. The number of esters is 1. The SMILES string of the molecule is CCOC(=O)[C@H](O)CN(CB(C)O)Cc1ccc(-c2cc(Cl)ccc2F)cc1. The standard InChI is InChI=1S/C20H24BClFNO4/c1-3-28-20(26)19(25)12-24(13-21(2)27)11-14-4-6-15(7-5-14)17-10-16(22)8-9-18(17)23/h4-10,19,25,27H,3,11-13H2,1-2H3/t19-/m1/s1. The Balaban J connectivity index is 2.11. The number of benzene rings is 2. The molecule has 150 valence electrons. The number of halogens is 2. The van der Waals surface area contributed by atoms with Crippen molar-refractivity contribution in [3.8, 4) is 11.1 Å². The predicted molar refractivity (Wildman–Crippen MR) is 109 cm³/mol. The summed E-state index contributed by atoms with van der Waals surface area (Å²) in [5.41, 5.74) is 2.00. The van der Waals surface area contributed by atoms with Gasteiger partial charge in [0.2, 0.25) is 0 Å². The number of nitrogens with zero attached hydrogens (tertiary/aromatic N) is 1. The smallest absolute Gasteiger partial charge is 0.336 e. The summed E-state index contributed by atoms with van der Waals surface area (Å²) in [4.78, 5) is 13.4. The van der Waals surface area contributed by atoms with Crippen molar-refractivity contribution in [3.63, 3.8) is 0 Å². The molecule has 0 saturated heterocycles. The second-order valence-corrected chi connectivity index (χ2v) is 7.07. The van der Waals surface area contributed by atoms with Crippen LogP contribution in [0.15, 0.2) is 42.5 Å². The summed E-state index contributed by atoms with van der Waals surface area (Å²) < 4.78 is 18.8. The summed E-state index contributed by atoms with van der Waals surface area (Å²) in [5.74, 6) is -1.05. The highest BCUT2D eigenvalue weighted by atomic mass is 35.5. The van der Waals surface area contributed by atoms with Crippen LogP contribution in [-0.2, 0) is 16.1 Å². The van der Waals surface area contributed by atoms with Gasteiger partial charge in [0.1, 0.15) is 5.82 Å². The number of carbonyl (C=O) groups is 1. The molecule has 0 aliphatic carbocycles. The van der Waals surface area contributed by atoms with Gasteiger partial charge in [-0.15, -0.1) is 0 Å². The molecular weight excluding hydrogens is 383 g/mol. The van der Waals surface area contributed by atoms with Crippen LogP contribution >= 0.6 is 11.6 Å². The topological polar surface area (TPSA) is 70.0 Å². The van der Waals surface area contributed by atoms with Crippen LogP contribution in [0.3, 0.4) is 0 Å². The molecule has 28 heavy (non-hydrogen) atoms. The maximum Gasteiger partial charge on any atom is 0.336 e. The number of aliphatic hydroxyl groups excluding tert-OH is 1. The molecule has 0 aliphatic rings. The second-order valence-electron chi connectivity index (χ2n) is 6.63. The van der Waals surface area contributed by atoms with Crippen LogP contribution in [0.4, 0.5) is 4.39 Å². The lowest BCUT2D eigenvalue weighted by atomic mass is 9.71. The maximum absolute atomic E-state index is 14.0. The molecule has 5 nitrogen and oxygen atoms in total. The van der Waals surface area contributed by atoms with E-state index in [1.807, 2.05) is 12.1 Å². The quantitative estimate of drug-likeness (QED) is 0.494. The minimum Gasteiger partial charge on any atom is -0.464 e. The molecule has 0 aliphatic heterocycles. The Kier molecular flexibility index (Phi) is 8.45. The highest BCUT2D eigenvalue weighted by Crippen LogP contribution is 2.26. The van der Waals surface area contributed by atoms with Crippen molar-refractivity contribution in [2.75, 3.05) is 19.6 Å². The molecule has 2 aromatic carbocycles. The van der Waals surface area contributed by atoms with Gasteiger partial charge < -0.3 is 19.8 Å². The fourth-order valence-corrected chi connectivity index (χ4v) is 3.07. The van der Waals surface area contributed by atoms with Crippen molar-refractivity contribution in [2.24, 2.45) is 0 Å². The first kappa shape index (κ1) is 22.4. The normalized spacial score (nSPS) is 12.1. The molecule has 8 heteroatoms. The van der Waals surface area contributed by atoms with Gasteiger partial charge in [0.15, 0.2) is 6.10 Å². The maximum atomic E-state index is 14.0. The number of ether oxygens (including phenoxy) is 1. The van der Waals surface area contributed by atoms with Crippen LogP contribution in [0, 0.1) is 5.82 Å². The van der Waals surface area contributed by atoms with E-state index >= 15 is 0 Å². The molecule has 0 spiro atoms. The number of rotatable bonds is 9. The first-order valence-corrected chi connectivity index (χ1v) is 9.47. The zero-order chi connectivity index (χ0) is 20.7. The molecule has 2 N–H and O–H groups in total. The molecule has 0 bridgehead atoms. The van der Waals surface area contributed by atoms with Crippen molar-refractivity contribution >= 4 is 24.5 Å². The molecule has 0 heterocycles.